The number of hydrogen-bond donors (Lipinski definition) is 2. The summed E-state index contributed by atoms with van der Waals surface area (Å²) in [5, 5.41) is 13.5. The van der Waals surface area contributed by atoms with Crippen LogP contribution in [-0.4, -0.2) is 39.1 Å². The van der Waals surface area contributed by atoms with Crippen molar-refractivity contribution in [1.29, 1.82) is 0 Å². The average Bonchev–Trinajstić information content (AvgIpc) is 2.86. The molecule has 0 unspecified atom stereocenters. The smallest absolute Gasteiger partial charge is 0.364 e. The van der Waals surface area contributed by atoms with Gasteiger partial charge in [0.25, 0.3) is 0 Å². The Morgan fingerprint density at radius 3 is 3.05 bits per heavy atom. The van der Waals surface area contributed by atoms with Gasteiger partial charge in [0.2, 0.25) is 0 Å². The minimum absolute atomic E-state index is 0.331. The molecule has 2 heterocycles. The van der Waals surface area contributed by atoms with Crippen LogP contribution in [0.15, 0.2) is 16.9 Å². The van der Waals surface area contributed by atoms with Gasteiger partial charge in [-0.05, 0) is 25.0 Å². The molecule has 0 amide bonds. The molecule has 2 aromatic heterocycles. The molecule has 1 aliphatic carbocycles. The zero-order chi connectivity index (χ0) is 13.8. The number of hydrogen-bond acceptors (Lipinski definition) is 5. The van der Waals surface area contributed by atoms with Crippen molar-refractivity contribution in [1.82, 2.24) is 19.8 Å². The van der Waals surface area contributed by atoms with Gasteiger partial charge in [-0.1, -0.05) is 19.3 Å². The number of H-pyrrole nitrogens is 1. The predicted molar refractivity (Wildman–Crippen MR) is 74.9 cm³/mol. The maximum atomic E-state index is 11.4. The molecular weight excluding hydrogens is 258 g/mol. The van der Waals surface area contributed by atoms with Crippen molar-refractivity contribution in [3.8, 4) is 0 Å². The molecule has 0 aliphatic heterocycles. The molecule has 7 nitrogen and oxygen atoms in total. The van der Waals surface area contributed by atoms with Gasteiger partial charge in [0.15, 0.2) is 5.65 Å². The second-order valence-corrected chi connectivity index (χ2v) is 5.07. The minimum atomic E-state index is -0.331. The van der Waals surface area contributed by atoms with Crippen LogP contribution in [0.25, 0.3) is 5.65 Å². The van der Waals surface area contributed by atoms with Crippen molar-refractivity contribution >= 4 is 11.5 Å². The monoisotopic (exact) mass is 277 g/mol. The van der Waals surface area contributed by atoms with Gasteiger partial charge in [0, 0.05) is 6.54 Å². The lowest BCUT2D eigenvalue weighted by Gasteiger charge is -2.22. The molecule has 0 saturated heterocycles. The van der Waals surface area contributed by atoms with E-state index in [2.05, 4.69) is 20.6 Å². The fourth-order valence-corrected chi connectivity index (χ4v) is 2.53. The summed E-state index contributed by atoms with van der Waals surface area (Å²) >= 11 is 0. The third-order valence-electron chi connectivity index (χ3n) is 3.59. The maximum Gasteiger partial charge on any atom is 0.364 e. The SMILES string of the molecule is O=c1[nH]nc2ccc(NCCOC3CCCCC3)nn12. The fourth-order valence-electron chi connectivity index (χ4n) is 2.53. The van der Waals surface area contributed by atoms with Crippen LogP contribution in [0.1, 0.15) is 32.1 Å². The molecule has 1 aliphatic rings. The third-order valence-corrected chi connectivity index (χ3v) is 3.59. The molecular formula is C13H19N5O2. The van der Waals surface area contributed by atoms with Gasteiger partial charge in [0.1, 0.15) is 5.82 Å². The molecule has 0 spiro atoms. The molecule has 1 fully saturated rings. The minimum Gasteiger partial charge on any atom is -0.376 e. The summed E-state index contributed by atoms with van der Waals surface area (Å²) < 4.78 is 7.06. The molecule has 2 N–H and O–H groups in total. The quantitative estimate of drug-likeness (QED) is 0.802. The number of aromatic nitrogens is 4. The summed E-state index contributed by atoms with van der Waals surface area (Å²) in [6, 6.07) is 3.55. The van der Waals surface area contributed by atoms with E-state index in [1.807, 2.05) is 0 Å². The Hall–Kier alpha value is -1.89. The van der Waals surface area contributed by atoms with Crippen LogP contribution in [0, 0.1) is 0 Å². The van der Waals surface area contributed by atoms with Crippen molar-refractivity contribution in [2.45, 2.75) is 38.2 Å². The van der Waals surface area contributed by atoms with Crippen LogP contribution in [0.4, 0.5) is 5.82 Å². The molecule has 108 valence electrons. The third kappa shape index (κ3) is 2.98. The van der Waals surface area contributed by atoms with Gasteiger partial charge < -0.3 is 10.1 Å². The highest BCUT2D eigenvalue weighted by molar-refractivity contribution is 5.42. The fraction of sp³-hybridized carbons (Fsp3) is 0.615. The zero-order valence-electron chi connectivity index (χ0n) is 11.3. The van der Waals surface area contributed by atoms with Crippen molar-refractivity contribution in [2.75, 3.05) is 18.5 Å². The van der Waals surface area contributed by atoms with Crippen LogP contribution in [0.3, 0.4) is 0 Å². The topological polar surface area (TPSA) is 84.3 Å². The van der Waals surface area contributed by atoms with Gasteiger partial charge in [-0.15, -0.1) is 5.10 Å². The van der Waals surface area contributed by atoms with E-state index in [1.54, 1.807) is 12.1 Å². The Balaban J connectivity index is 1.49. The first-order valence-electron chi connectivity index (χ1n) is 7.13. The van der Waals surface area contributed by atoms with Gasteiger partial charge in [-0.2, -0.15) is 9.61 Å². The van der Waals surface area contributed by atoms with E-state index in [0.29, 0.717) is 30.7 Å². The number of fused-ring (bicyclic) bond motifs is 1. The van der Waals surface area contributed by atoms with E-state index in [0.717, 1.165) is 0 Å². The highest BCUT2D eigenvalue weighted by Gasteiger charge is 2.13. The zero-order valence-corrected chi connectivity index (χ0v) is 11.3. The molecule has 7 heteroatoms. The Bertz CT molecular complexity index is 614. The second-order valence-electron chi connectivity index (χ2n) is 5.07. The normalized spacial score (nSPS) is 16.6. The lowest BCUT2D eigenvalue weighted by Crippen LogP contribution is -2.21. The average molecular weight is 277 g/mol. The number of aromatic amines is 1. The predicted octanol–water partition coefficient (Wildman–Crippen LogP) is 1.18. The van der Waals surface area contributed by atoms with Crippen LogP contribution in [-0.2, 0) is 4.74 Å². The lowest BCUT2D eigenvalue weighted by molar-refractivity contribution is 0.0347. The van der Waals surface area contributed by atoms with E-state index in [-0.39, 0.29) is 5.69 Å². The second kappa shape index (κ2) is 6.04. The summed E-state index contributed by atoms with van der Waals surface area (Å²) in [5.41, 5.74) is 0.182. The van der Waals surface area contributed by atoms with E-state index in [9.17, 15) is 4.79 Å². The molecule has 0 bridgehead atoms. The Morgan fingerprint density at radius 1 is 1.35 bits per heavy atom. The Morgan fingerprint density at radius 2 is 2.20 bits per heavy atom. The molecule has 2 aromatic rings. The van der Waals surface area contributed by atoms with Crippen LogP contribution >= 0.6 is 0 Å². The first-order valence-corrected chi connectivity index (χ1v) is 7.13. The largest absolute Gasteiger partial charge is 0.376 e. The van der Waals surface area contributed by atoms with Crippen LogP contribution in [0.5, 0.6) is 0 Å². The summed E-state index contributed by atoms with van der Waals surface area (Å²) in [5.74, 6) is 0.647. The van der Waals surface area contributed by atoms with E-state index < -0.39 is 0 Å². The first kappa shape index (κ1) is 13.1. The van der Waals surface area contributed by atoms with Crippen molar-refractivity contribution in [3.63, 3.8) is 0 Å². The number of rotatable bonds is 5. The molecule has 0 atom stereocenters. The first-order chi connectivity index (χ1) is 9.83. The lowest BCUT2D eigenvalue weighted by atomic mass is 9.98. The Labute approximate surface area is 116 Å². The molecule has 1 saturated carbocycles. The summed E-state index contributed by atoms with van der Waals surface area (Å²) in [6.07, 6.45) is 6.65. The molecule has 0 radical (unpaired) electrons. The number of anilines is 1. The molecule has 20 heavy (non-hydrogen) atoms. The standard InChI is InChI=1S/C13H19N5O2/c19-13-16-15-12-7-6-11(17-18(12)13)14-8-9-20-10-4-2-1-3-5-10/h6-7,10H,1-5,8-9H2,(H,14,17)(H,16,19). The van der Waals surface area contributed by atoms with E-state index in [4.69, 9.17) is 4.74 Å². The Kier molecular flexibility index (Phi) is 3.96. The van der Waals surface area contributed by atoms with Gasteiger partial charge in [-0.25, -0.2) is 9.89 Å². The van der Waals surface area contributed by atoms with Crippen molar-refractivity contribution < 1.29 is 4.74 Å². The number of ether oxygens (including phenoxy) is 1. The van der Waals surface area contributed by atoms with Crippen LogP contribution < -0.4 is 11.0 Å². The maximum absolute atomic E-state index is 11.4. The van der Waals surface area contributed by atoms with Gasteiger partial charge >= 0.3 is 5.69 Å². The number of nitrogens with zero attached hydrogens (tertiary/aromatic N) is 3. The summed E-state index contributed by atoms with van der Waals surface area (Å²) in [7, 11) is 0. The van der Waals surface area contributed by atoms with E-state index >= 15 is 0 Å². The van der Waals surface area contributed by atoms with Gasteiger partial charge in [0.05, 0.1) is 12.7 Å². The molecule has 3 rings (SSSR count). The molecule has 0 aromatic carbocycles. The highest BCUT2D eigenvalue weighted by atomic mass is 16.5. The number of nitrogens with one attached hydrogen (secondary N) is 2. The summed E-state index contributed by atoms with van der Waals surface area (Å²) in [6.45, 7) is 1.34. The summed E-state index contributed by atoms with van der Waals surface area (Å²) in [4.78, 5) is 11.4. The van der Waals surface area contributed by atoms with Crippen LogP contribution in [0.2, 0.25) is 0 Å². The van der Waals surface area contributed by atoms with Crippen molar-refractivity contribution in [2.24, 2.45) is 0 Å². The van der Waals surface area contributed by atoms with Crippen molar-refractivity contribution in [3.05, 3.63) is 22.6 Å². The van der Waals surface area contributed by atoms with Gasteiger partial charge in [-0.3, -0.25) is 0 Å². The van der Waals surface area contributed by atoms with E-state index in [1.165, 1.54) is 36.6 Å². The highest BCUT2D eigenvalue weighted by Crippen LogP contribution is 2.19.